The lowest BCUT2D eigenvalue weighted by atomic mass is 9.79. The highest BCUT2D eigenvalue weighted by Crippen LogP contribution is 2.32. The second kappa shape index (κ2) is 13.6. The highest BCUT2D eigenvalue weighted by Gasteiger charge is 2.18. The highest BCUT2D eigenvalue weighted by molar-refractivity contribution is 5.22. The summed E-state index contributed by atoms with van der Waals surface area (Å²) < 4.78 is 0. The normalized spacial score (nSPS) is 20.0. The van der Waals surface area contributed by atoms with Crippen LogP contribution in [0.3, 0.4) is 0 Å². The molecule has 1 aliphatic carbocycles. The van der Waals surface area contributed by atoms with Crippen molar-refractivity contribution in [2.75, 3.05) is 0 Å². The van der Waals surface area contributed by atoms with Gasteiger partial charge in [-0.2, -0.15) is 5.26 Å². The number of hydrogen-bond acceptors (Lipinski definition) is 1. The molecule has 0 N–H and O–H groups in total. The number of unbranched alkanes of at least 4 members (excludes halogenated alkanes) is 5. The summed E-state index contributed by atoms with van der Waals surface area (Å²) in [4.78, 5) is 0. The molecular weight excluding hydrogens is 326 g/mol. The molecule has 1 heteroatoms. The first-order valence-corrected chi connectivity index (χ1v) is 11.5. The summed E-state index contributed by atoms with van der Waals surface area (Å²) in [5, 5.41) is 8.63. The Bertz CT molecular complexity index is 555. The number of hydrogen-bond donors (Lipinski definition) is 0. The van der Waals surface area contributed by atoms with E-state index in [4.69, 9.17) is 5.26 Å². The molecule has 0 heterocycles. The Hall–Kier alpha value is -1.55. The van der Waals surface area contributed by atoms with Crippen LogP contribution in [-0.4, -0.2) is 0 Å². The zero-order valence-electron chi connectivity index (χ0n) is 17.5. The van der Waals surface area contributed by atoms with Gasteiger partial charge >= 0.3 is 0 Å². The third-order valence-corrected chi connectivity index (χ3v) is 6.25. The average molecular weight is 366 g/mol. The van der Waals surface area contributed by atoms with Crippen molar-refractivity contribution in [3.05, 3.63) is 47.5 Å². The number of benzene rings is 1. The van der Waals surface area contributed by atoms with Crippen molar-refractivity contribution in [1.29, 1.82) is 5.26 Å². The van der Waals surface area contributed by atoms with Crippen molar-refractivity contribution in [1.82, 2.24) is 0 Å². The maximum atomic E-state index is 8.63. The molecule has 0 bridgehead atoms. The Morgan fingerprint density at radius 3 is 2.04 bits per heavy atom. The Kier molecular flexibility index (Phi) is 10.9. The van der Waals surface area contributed by atoms with E-state index in [9.17, 15) is 0 Å². The lowest BCUT2D eigenvalue weighted by Gasteiger charge is -2.26. The molecule has 148 valence electrons. The number of nitrogens with zero attached hydrogens (tertiary/aromatic N) is 1. The molecular formula is C26H39N. The van der Waals surface area contributed by atoms with Crippen LogP contribution in [0.2, 0.25) is 0 Å². The first-order chi connectivity index (χ1) is 13.3. The lowest BCUT2D eigenvalue weighted by Crippen LogP contribution is -2.13. The summed E-state index contributed by atoms with van der Waals surface area (Å²) in [6, 6.07) is 11.5. The first kappa shape index (κ1) is 21.7. The van der Waals surface area contributed by atoms with Gasteiger partial charge in [-0.05, 0) is 74.3 Å². The zero-order valence-corrected chi connectivity index (χ0v) is 17.5. The Balaban J connectivity index is 1.54. The van der Waals surface area contributed by atoms with Gasteiger partial charge < -0.3 is 0 Å². The molecule has 27 heavy (non-hydrogen) atoms. The van der Waals surface area contributed by atoms with Crippen LogP contribution in [0, 0.1) is 23.2 Å². The second-order valence-electron chi connectivity index (χ2n) is 8.50. The smallest absolute Gasteiger partial charge is 0.0908 e. The molecule has 1 aromatic carbocycles. The molecule has 1 saturated carbocycles. The number of allylic oxidation sites excluding steroid dienone is 2. The van der Waals surface area contributed by atoms with Gasteiger partial charge in [0.15, 0.2) is 0 Å². The number of rotatable bonds is 12. The Morgan fingerprint density at radius 1 is 0.852 bits per heavy atom. The molecule has 2 rings (SSSR count). The largest absolute Gasteiger partial charge is 0.193 e. The van der Waals surface area contributed by atoms with Gasteiger partial charge in [0.05, 0.1) is 6.07 Å². The van der Waals surface area contributed by atoms with Crippen molar-refractivity contribution < 1.29 is 0 Å². The standard InChI is InChI=1S/C26H39N/c1-2-3-4-5-6-10-23-14-16-24(17-15-23)11-7-8-12-25-18-20-26(21-19-25)13-9-22-27/h9,13-17,25-26H,2-8,10-12,18-21H2,1H3/t25-,26-. The zero-order chi connectivity index (χ0) is 19.2. The van der Waals surface area contributed by atoms with Crippen LogP contribution in [0.1, 0.15) is 95.1 Å². The van der Waals surface area contributed by atoms with E-state index in [1.54, 1.807) is 6.08 Å². The van der Waals surface area contributed by atoms with Gasteiger partial charge in [0.2, 0.25) is 0 Å². The van der Waals surface area contributed by atoms with Gasteiger partial charge in [0.25, 0.3) is 0 Å². The highest BCUT2D eigenvalue weighted by atomic mass is 14.3. The predicted molar refractivity (Wildman–Crippen MR) is 117 cm³/mol. The van der Waals surface area contributed by atoms with Crippen LogP contribution >= 0.6 is 0 Å². The monoisotopic (exact) mass is 365 g/mol. The molecule has 0 atom stereocenters. The van der Waals surface area contributed by atoms with Crippen LogP contribution in [0.25, 0.3) is 0 Å². The van der Waals surface area contributed by atoms with Gasteiger partial charge in [-0.3, -0.25) is 0 Å². The summed E-state index contributed by atoms with van der Waals surface area (Å²) in [6.45, 7) is 2.28. The molecule has 0 saturated heterocycles. The van der Waals surface area contributed by atoms with Crippen molar-refractivity contribution in [2.45, 2.75) is 96.8 Å². The molecule has 0 unspecified atom stereocenters. The van der Waals surface area contributed by atoms with Crippen LogP contribution in [-0.2, 0) is 12.8 Å². The van der Waals surface area contributed by atoms with Gasteiger partial charge in [-0.1, -0.05) is 75.8 Å². The van der Waals surface area contributed by atoms with Crippen molar-refractivity contribution >= 4 is 0 Å². The third-order valence-electron chi connectivity index (χ3n) is 6.25. The molecule has 1 aromatic rings. The average Bonchev–Trinajstić information content (AvgIpc) is 2.71. The van der Waals surface area contributed by atoms with Crippen LogP contribution in [0.15, 0.2) is 36.4 Å². The topological polar surface area (TPSA) is 23.8 Å². The Morgan fingerprint density at radius 2 is 1.44 bits per heavy atom. The summed E-state index contributed by atoms with van der Waals surface area (Å²) in [5.41, 5.74) is 3.02. The summed E-state index contributed by atoms with van der Waals surface area (Å²) >= 11 is 0. The molecule has 0 aliphatic heterocycles. The fourth-order valence-corrected chi connectivity index (χ4v) is 4.42. The summed E-state index contributed by atoms with van der Waals surface area (Å²) in [6.07, 6.45) is 22.5. The second-order valence-corrected chi connectivity index (χ2v) is 8.50. The van der Waals surface area contributed by atoms with E-state index in [-0.39, 0.29) is 0 Å². The van der Waals surface area contributed by atoms with Gasteiger partial charge in [0, 0.05) is 6.08 Å². The Labute approximate surface area is 167 Å². The third kappa shape index (κ3) is 9.28. The van der Waals surface area contributed by atoms with Gasteiger partial charge in [-0.25, -0.2) is 0 Å². The summed E-state index contributed by atoms with van der Waals surface area (Å²) in [5.74, 6) is 1.58. The minimum atomic E-state index is 0.658. The van der Waals surface area contributed by atoms with E-state index in [2.05, 4.69) is 43.3 Å². The SMILES string of the molecule is CCCCCCCc1ccc(CCCC[C@H]2CC[C@H](C=CC#N)CC2)cc1. The lowest BCUT2D eigenvalue weighted by molar-refractivity contribution is 0.289. The minimum absolute atomic E-state index is 0.658. The fraction of sp³-hybridized carbons (Fsp3) is 0.654. The predicted octanol–water partition coefficient (Wildman–Crippen LogP) is 7.80. The van der Waals surface area contributed by atoms with Crippen LogP contribution in [0.4, 0.5) is 0 Å². The quantitative estimate of drug-likeness (QED) is 0.274. The molecule has 0 spiro atoms. The molecule has 1 nitrogen and oxygen atoms in total. The van der Waals surface area contributed by atoms with Crippen molar-refractivity contribution in [3.8, 4) is 6.07 Å². The van der Waals surface area contributed by atoms with Gasteiger partial charge in [-0.15, -0.1) is 0 Å². The maximum absolute atomic E-state index is 8.63. The maximum Gasteiger partial charge on any atom is 0.0908 e. The molecule has 0 radical (unpaired) electrons. The van der Waals surface area contributed by atoms with E-state index in [1.807, 2.05) is 0 Å². The van der Waals surface area contributed by atoms with Crippen molar-refractivity contribution in [3.63, 3.8) is 0 Å². The minimum Gasteiger partial charge on any atom is -0.193 e. The fourth-order valence-electron chi connectivity index (χ4n) is 4.42. The van der Waals surface area contributed by atoms with E-state index in [1.165, 1.54) is 101 Å². The van der Waals surface area contributed by atoms with E-state index in [0.717, 1.165) is 5.92 Å². The molecule has 0 aromatic heterocycles. The van der Waals surface area contributed by atoms with E-state index < -0.39 is 0 Å². The van der Waals surface area contributed by atoms with Crippen molar-refractivity contribution in [2.24, 2.45) is 11.8 Å². The molecule has 1 fully saturated rings. The summed E-state index contributed by atoms with van der Waals surface area (Å²) in [7, 11) is 0. The number of nitriles is 1. The first-order valence-electron chi connectivity index (χ1n) is 11.5. The number of aryl methyl sites for hydroxylation is 2. The van der Waals surface area contributed by atoms with E-state index in [0.29, 0.717) is 5.92 Å². The van der Waals surface area contributed by atoms with E-state index >= 15 is 0 Å². The van der Waals surface area contributed by atoms with Crippen LogP contribution in [0.5, 0.6) is 0 Å². The molecule has 1 aliphatic rings. The molecule has 0 amide bonds. The van der Waals surface area contributed by atoms with Gasteiger partial charge in [0.1, 0.15) is 0 Å². The van der Waals surface area contributed by atoms with Crippen LogP contribution < -0.4 is 0 Å².